The molecule has 4 atom stereocenters. The first kappa shape index (κ1) is 73.2. The second kappa shape index (κ2) is 43.4. The molecule has 12 N–H and O–H groups in total. The van der Waals surface area contributed by atoms with Crippen molar-refractivity contribution in [3.8, 4) is 0 Å². The second-order valence-corrected chi connectivity index (χ2v) is 21.4. The first-order valence-electron chi connectivity index (χ1n) is 28.6. The molecule has 2 aromatic heterocycles. The Hall–Kier alpha value is -7.30. The summed E-state index contributed by atoms with van der Waals surface area (Å²) in [4.78, 5) is 110. The molecule has 0 saturated carbocycles. The second-order valence-electron chi connectivity index (χ2n) is 19.6. The number of aliphatic carboxylic acids is 2. The number of aromatic nitrogens is 2. The van der Waals surface area contributed by atoms with E-state index in [-0.39, 0.29) is 98.9 Å². The number of hydrogen-bond acceptors (Lipinski definition) is 16. The smallest absolute Gasteiger partial charge is 0.314 e. The predicted octanol–water partition coefficient (Wildman–Crippen LogP) is 6.03. The molecule has 0 aliphatic carbocycles. The highest BCUT2D eigenvalue weighted by Gasteiger charge is 2.28. The maximum Gasteiger partial charge on any atom is 0.314 e. The molecule has 0 saturated heterocycles. The topological polar surface area (TPSA) is 360 Å². The molecule has 0 bridgehead atoms. The summed E-state index contributed by atoms with van der Waals surface area (Å²) in [5.41, 5.74) is 0.723. The number of carbonyl (C=O) groups excluding carboxylic acids is 6. The van der Waals surface area contributed by atoms with Gasteiger partial charge in [-0.05, 0) is 110 Å². The van der Waals surface area contributed by atoms with Crippen LogP contribution in [0.5, 0.6) is 0 Å². The number of carboxylic acids is 2. The third-order valence-electron chi connectivity index (χ3n) is 12.4. The highest BCUT2D eigenvalue weighted by Crippen LogP contribution is 2.27. The first-order chi connectivity index (χ1) is 42.4. The highest BCUT2D eigenvalue weighted by atomic mass is 35.5. The number of rotatable bonds is 45. The number of amides is 8. The normalized spacial score (nSPS) is 12.3. The van der Waals surface area contributed by atoms with E-state index in [0.717, 1.165) is 0 Å². The summed E-state index contributed by atoms with van der Waals surface area (Å²) >= 11 is 24.7. The number of nitrogens with zero attached hydrogens (tertiary/aromatic N) is 2. The van der Waals surface area contributed by atoms with Crippen molar-refractivity contribution in [2.75, 3.05) is 103 Å². The fourth-order valence-corrected chi connectivity index (χ4v) is 9.22. The number of halogens is 4. The van der Waals surface area contributed by atoms with Gasteiger partial charge in [0, 0.05) is 84.6 Å². The van der Waals surface area contributed by atoms with E-state index in [1.54, 1.807) is 24.5 Å². The minimum atomic E-state index is -1.19. The van der Waals surface area contributed by atoms with Crippen molar-refractivity contribution in [2.45, 2.75) is 88.4 Å². The van der Waals surface area contributed by atoms with Gasteiger partial charge in [-0.2, -0.15) is 0 Å². The Morgan fingerprint density at radius 2 is 0.795 bits per heavy atom. The van der Waals surface area contributed by atoms with Crippen LogP contribution in [-0.4, -0.2) is 172 Å². The monoisotopic (exact) mass is 1310 g/mol. The lowest BCUT2D eigenvalue weighted by Crippen LogP contribution is -2.50. The average Bonchev–Trinajstić information content (AvgIpc) is 3.28. The fraction of sp³-hybridized carbons (Fsp3) is 0.483. The molecule has 88 heavy (non-hydrogen) atoms. The van der Waals surface area contributed by atoms with E-state index in [9.17, 15) is 48.6 Å². The molecule has 8 amide bonds. The molecule has 0 aliphatic rings. The van der Waals surface area contributed by atoms with Crippen molar-refractivity contribution >= 4 is 106 Å². The Morgan fingerprint density at radius 1 is 0.432 bits per heavy atom. The Balaban J connectivity index is 1.06. The molecular weight excluding hydrogens is 1230 g/mol. The highest BCUT2D eigenvalue weighted by molar-refractivity contribution is 6.35. The van der Waals surface area contributed by atoms with Gasteiger partial charge in [0.15, 0.2) is 0 Å². The Morgan fingerprint density at radius 3 is 1.16 bits per heavy atom. The average molecular weight is 1310 g/mol. The van der Waals surface area contributed by atoms with E-state index in [4.69, 9.17) is 65.4 Å². The van der Waals surface area contributed by atoms with Gasteiger partial charge in [-0.25, -0.2) is 19.6 Å². The minimum Gasteiger partial charge on any atom is -0.481 e. The lowest BCUT2D eigenvalue weighted by Gasteiger charge is -2.23. The largest absolute Gasteiger partial charge is 0.481 e. The maximum atomic E-state index is 13.6. The van der Waals surface area contributed by atoms with Crippen LogP contribution in [0.1, 0.15) is 87.4 Å². The van der Waals surface area contributed by atoms with E-state index < -0.39 is 84.6 Å². The van der Waals surface area contributed by atoms with Crippen LogP contribution in [0, 0.1) is 0 Å². The number of hydrogen-bond donors (Lipinski definition) is 12. The molecule has 26 nitrogen and oxygen atoms in total. The van der Waals surface area contributed by atoms with Crippen molar-refractivity contribution < 1.29 is 67.5 Å². The summed E-state index contributed by atoms with van der Waals surface area (Å²) in [6.07, 6.45) is 6.03. The summed E-state index contributed by atoms with van der Waals surface area (Å²) in [5, 5.41) is 48.1. The molecule has 2 heterocycles. The van der Waals surface area contributed by atoms with Crippen LogP contribution in [0.15, 0.2) is 85.2 Å². The van der Waals surface area contributed by atoms with Crippen molar-refractivity contribution in [3.63, 3.8) is 0 Å². The number of ether oxygens (including phenoxy) is 4. The molecule has 482 valence electrons. The molecule has 0 fully saturated rings. The summed E-state index contributed by atoms with van der Waals surface area (Å²) in [6.45, 7) is 2.18. The number of nitrogens with one attached hydrogen (secondary N) is 10. The SMILES string of the molecule is O=C(O)CC(NC(=O)C(COCCOCCNC(=O)NCCCCNC(=O)NCCOCCOCC(NC(=O)CCCCNc1ccccn1)C(=O)NC(CC(=O)O)c1cc(Cl)cc(Cl)c1)NC(=O)CCCCNc1ccccn1)c1cc(Cl)cc(Cl)c1. The summed E-state index contributed by atoms with van der Waals surface area (Å²) < 4.78 is 22.5. The van der Waals surface area contributed by atoms with Crippen LogP contribution in [-0.2, 0) is 47.7 Å². The zero-order chi connectivity index (χ0) is 63.7. The zero-order valence-corrected chi connectivity index (χ0v) is 51.6. The number of anilines is 2. The number of unbranched alkanes of at least 4 members (excludes halogenated alkanes) is 3. The molecule has 4 unspecified atom stereocenters. The van der Waals surface area contributed by atoms with Gasteiger partial charge >= 0.3 is 24.0 Å². The van der Waals surface area contributed by atoms with Crippen molar-refractivity contribution in [1.82, 2.24) is 52.5 Å². The van der Waals surface area contributed by atoms with E-state index in [1.807, 2.05) is 24.3 Å². The van der Waals surface area contributed by atoms with Gasteiger partial charge in [-0.1, -0.05) is 58.5 Å². The van der Waals surface area contributed by atoms with Gasteiger partial charge in [-0.3, -0.25) is 28.8 Å². The maximum absolute atomic E-state index is 13.6. The van der Waals surface area contributed by atoms with Gasteiger partial charge in [0.1, 0.15) is 23.7 Å². The van der Waals surface area contributed by atoms with E-state index in [1.165, 1.54) is 36.4 Å². The van der Waals surface area contributed by atoms with Gasteiger partial charge in [-0.15, -0.1) is 0 Å². The van der Waals surface area contributed by atoms with Crippen molar-refractivity contribution in [3.05, 3.63) is 116 Å². The predicted molar refractivity (Wildman–Crippen MR) is 332 cm³/mol. The number of pyridine rings is 2. The lowest BCUT2D eigenvalue weighted by molar-refractivity contribution is -0.139. The molecule has 0 spiro atoms. The van der Waals surface area contributed by atoms with E-state index >= 15 is 0 Å². The van der Waals surface area contributed by atoms with Crippen molar-refractivity contribution in [1.29, 1.82) is 0 Å². The van der Waals surface area contributed by atoms with Crippen LogP contribution in [0.25, 0.3) is 0 Å². The number of carboxylic acid groups (broad SMARTS) is 2. The molecule has 0 aliphatic heterocycles. The van der Waals surface area contributed by atoms with Gasteiger partial charge in [0.2, 0.25) is 23.6 Å². The van der Waals surface area contributed by atoms with Crippen LogP contribution >= 0.6 is 46.4 Å². The Kier molecular flexibility index (Phi) is 36.1. The van der Waals surface area contributed by atoms with Crippen LogP contribution in [0.2, 0.25) is 20.1 Å². The van der Waals surface area contributed by atoms with Crippen LogP contribution in [0.4, 0.5) is 21.2 Å². The zero-order valence-electron chi connectivity index (χ0n) is 48.6. The summed E-state index contributed by atoms with van der Waals surface area (Å²) in [5.74, 6) is -3.15. The van der Waals surface area contributed by atoms with E-state index in [0.29, 0.717) is 87.5 Å². The lowest BCUT2D eigenvalue weighted by atomic mass is 10.0. The molecule has 4 aromatic rings. The van der Waals surface area contributed by atoms with Gasteiger partial charge < -0.3 is 82.3 Å². The molecule has 2 aromatic carbocycles. The summed E-state index contributed by atoms with van der Waals surface area (Å²) in [6, 6.07) is 14.6. The standard InChI is InChI=1S/C58H78Cl4N12O14/c59-41-29-39(30-42(60)33-41)45(35-53(77)78)73-55(81)47(71-51(75)13-3-7-17-65-49-11-1-5-15-63-49)37-87-27-25-85-23-21-69-57(83)67-19-9-10-20-68-58(84)70-22-24-86-26-28-88-38-48(72-52(76)14-4-8-18-66-50-12-2-6-16-64-50)56(82)74-46(36-54(79)80)40-31-43(61)34-44(62)32-40/h1-2,5-6,11-12,15-16,29-34,45-48H,3-4,7-10,13-14,17-28,35-38H2,(H,63,65)(H,64,66)(H,71,75)(H,72,76)(H,73,81)(H,74,82)(H,77,78)(H,79,80)(H2,67,69,83)(H2,68,70,84). The number of benzene rings is 2. The van der Waals surface area contributed by atoms with Gasteiger partial charge in [0.25, 0.3) is 0 Å². The van der Waals surface area contributed by atoms with Gasteiger partial charge in [0.05, 0.1) is 77.8 Å². The third kappa shape index (κ3) is 33.2. The number of urea groups is 2. The molecule has 30 heteroatoms. The molecular formula is C58H78Cl4N12O14. The summed E-state index contributed by atoms with van der Waals surface area (Å²) in [7, 11) is 0. The third-order valence-corrected chi connectivity index (χ3v) is 13.3. The minimum absolute atomic E-state index is 0.0270. The number of carbonyl (C=O) groups is 8. The van der Waals surface area contributed by atoms with E-state index in [2.05, 4.69) is 63.1 Å². The Labute approximate surface area is 530 Å². The quantitative estimate of drug-likeness (QED) is 0.0225. The van der Waals surface area contributed by atoms with Crippen LogP contribution < -0.4 is 53.2 Å². The molecule has 0 radical (unpaired) electrons. The van der Waals surface area contributed by atoms with Crippen molar-refractivity contribution in [2.24, 2.45) is 0 Å². The fourth-order valence-electron chi connectivity index (χ4n) is 8.13. The molecule has 4 rings (SSSR count). The Bertz CT molecular complexity index is 2560. The van der Waals surface area contributed by atoms with Crippen LogP contribution in [0.3, 0.4) is 0 Å². The first-order valence-corrected chi connectivity index (χ1v) is 30.1.